The molecule has 2 heterocycles. The van der Waals surface area contributed by atoms with Gasteiger partial charge in [-0.25, -0.2) is 13.4 Å². The van der Waals surface area contributed by atoms with E-state index in [2.05, 4.69) is 34.4 Å². The summed E-state index contributed by atoms with van der Waals surface area (Å²) in [5.41, 5.74) is 2.83. The summed E-state index contributed by atoms with van der Waals surface area (Å²) in [6.45, 7) is 7.51. The topological polar surface area (TPSA) is 91.0 Å². The van der Waals surface area contributed by atoms with Crippen LogP contribution in [0, 0.1) is 6.92 Å². The van der Waals surface area contributed by atoms with E-state index in [0.717, 1.165) is 12.5 Å². The van der Waals surface area contributed by atoms with Gasteiger partial charge >= 0.3 is 0 Å². The van der Waals surface area contributed by atoms with Crippen molar-refractivity contribution in [2.24, 2.45) is 4.99 Å². The Balaban J connectivity index is 1.62. The predicted molar refractivity (Wildman–Crippen MR) is 108 cm³/mol. The molecule has 0 radical (unpaired) electrons. The molecule has 0 unspecified atom stereocenters. The third-order valence-electron chi connectivity index (χ3n) is 4.75. The molecule has 3 rings (SSSR count). The Kier molecular flexibility index (Phi) is 6.69. The fraction of sp³-hybridized carbons (Fsp3) is 0.474. The Hall–Kier alpha value is -2.39. The molecule has 1 N–H and O–H groups in total. The number of benzene rings is 1. The van der Waals surface area contributed by atoms with E-state index in [1.54, 1.807) is 6.07 Å². The van der Waals surface area contributed by atoms with Gasteiger partial charge in [0.2, 0.25) is 10.0 Å². The number of guanidine groups is 1. The molecule has 0 saturated carbocycles. The van der Waals surface area contributed by atoms with Crippen LogP contribution >= 0.6 is 0 Å². The van der Waals surface area contributed by atoms with Gasteiger partial charge in [0.05, 0.1) is 12.2 Å². The first-order valence-corrected chi connectivity index (χ1v) is 11.1. The zero-order valence-corrected chi connectivity index (χ0v) is 17.2. The van der Waals surface area contributed by atoms with Crippen LogP contribution in [0.2, 0.25) is 0 Å². The molecule has 0 atom stereocenters. The summed E-state index contributed by atoms with van der Waals surface area (Å²) in [6, 6.07) is 9.78. The normalized spacial score (nSPS) is 16.4. The Morgan fingerprint density at radius 3 is 2.61 bits per heavy atom. The molecule has 0 bridgehead atoms. The summed E-state index contributed by atoms with van der Waals surface area (Å²) in [6.07, 6.45) is 1.39. The molecule has 152 valence electrons. The Bertz CT molecular complexity index is 888. The quantitative estimate of drug-likeness (QED) is 0.580. The van der Waals surface area contributed by atoms with E-state index >= 15 is 0 Å². The maximum Gasteiger partial charge on any atom is 0.220 e. The Labute approximate surface area is 166 Å². The molecule has 1 aliphatic heterocycles. The van der Waals surface area contributed by atoms with E-state index in [4.69, 9.17) is 9.52 Å². The largest absolute Gasteiger partial charge is 0.364 e. The molecule has 1 aromatic heterocycles. The van der Waals surface area contributed by atoms with Crippen molar-refractivity contribution in [1.29, 1.82) is 0 Å². The summed E-state index contributed by atoms with van der Waals surface area (Å²) in [5.74, 6) is 0.685. The Morgan fingerprint density at radius 2 is 1.96 bits per heavy atom. The van der Waals surface area contributed by atoms with E-state index in [-0.39, 0.29) is 5.75 Å². The summed E-state index contributed by atoms with van der Waals surface area (Å²) in [4.78, 5) is 6.87. The zero-order valence-electron chi connectivity index (χ0n) is 16.3. The van der Waals surface area contributed by atoms with E-state index < -0.39 is 10.0 Å². The number of sulfonamides is 1. The summed E-state index contributed by atoms with van der Waals surface area (Å²) >= 11 is 0. The van der Waals surface area contributed by atoms with E-state index in [9.17, 15) is 8.42 Å². The zero-order chi connectivity index (χ0) is 20.0. The number of hydrogen-bond acceptors (Lipinski definition) is 5. The van der Waals surface area contributed by atoms with Gasteiger partial charge < -0.3 is 14.7 Å². The SMILES string of the molecule is CCNC(=NCc1ccccc1C)N1CCN(S(=O)(=O)Cc2ccon2)CC1. The molecule has 1 aromatic carbocycles. The fourth-order valence-electron chi connectivity index (χ4n) is 3.14. The van der Waals surface area contributed by atoms with Gasteiger partial charge in [0.25, 0.3) is 0 Å². The molecule has 8 nitrogen and oxygen atoms in total. The second kappa shape index (κ2) is 9.20. The van der Waals surface area contributed by atoms with Gasteiger partial charge in [0.1, 0.15) is 12.0 Å². The van der Waals surface area contributed by atoms with Gasteiger partial charge in [0.15, 0.2) is 5.96 Å². The van der Waals surface area contributed by atoms with Crippen molar-refractivity contribution in [2.75, 3.05) is 32.7 Å². The van der Waals surface area contributed by atoms with Crippen LogP contribution in [0.5, 0.6) is 0 Å². The van der Waals surface area contributed by atoms with Crippen LogP contribution in [0.4, 0.5) is 0 Å². The number of aliphatic imine (C=N–C) groups is 1. The minimum Gasteiger partial charge on any atom is -0.364 e. The molecule has 1 aliphatic rings. The minimum absolute atomic E-state index is 0.134. The average molecular weight is 406 g/mol. The number of nitrogens with zero attached hydrogens (tertiary/aromatic N) is 4. The van der Waals surface area contributed by atoms with Crippen LogP contribution in [0.1, 0.15) is 23.7 Å². The average Bonchev–Trinajstić information content (AvgIpc) is 3.19. The molecule has 9 heteroatoms. The van der Waals surface area contributed by atoms with Crippen molar-refractivity contribution in [3.05, 3.63) is 53.4 Å². The summed E-state index contributed by atoms with van der Waals surface area (Å²) in [5, 5.41) is 7.02. The van der Waals surface area contributed by atoms with E-state index in [1.165, 1.54) is 21.7 Å². The molecule has 0 amide bonds. The second-order valence-electron chi connectivity index (χ2n) is 6.73. The molecule has 1 fully saturated rings. The predicted octanol–water partition coefficient (Wildman–Crippen LogP) is 1.60. The van der Waals surface area contributed by atoms with Gasteiger partial charge in [-0.1, -0.05) is 29.4 Å². The minimum atomic E-state index is -3.40. The molecular formula is C19H27N5O3S. The molecule has 0 spiro atoms. The third-order valence-corrected chi connectivity index (χ3v) is 6.56. The second-order valence-corrected chi connectivity index (χ2v) is 8.70. The number of hydrogen-bond donors (Lipinski definition) is 1. The van der Waals surface area contributed by atoms with Crippen LogP contribution in [0.25, 0.3) is 0 Å². The van der Waals surface area contributed by atoms with Crippen molar-refractivity contribution >= 4 is 16.0 Å². The number of nitrogens with one attached hydrogen (secondary N) is 1. The lowest BCUT2D eigenvalue weighted by molar-refractivity contribution is 0.259. The first-order chi connectivity index (χ1) is 13.5. The van der Waals surface area contributed by atoms with Crippen molar-refractivity contribution in [1.82, 2.24) is 19.7 Å². The highest BCUT2D eigenvalue weighted by Gasteiger charge is 2.29. The van der Waals surface area contributed by atoms with Crippen LogP contribution in [-0.2, 0) is 22.3 Å². The van der Waals surface area contributed by atoms with Crippen LogP contribution in [0.3, 0.4) is 0 Å². The molecule has 1 saturated heterocycles. The fourth-order valence-corrected chi connectivity index (χ4v) is 4.57. The van der Waals surface area contributed by atoms with Gasteiger partial charge in [0, 0.05) is 38.8 Å². The van der Waals surface area contributed by atoms with Crippen molar-refractivity contribution in [2.45, 2.75) is 26.1 Å². The number of piperazine rings is 1. The van der Waals surface area contributed by atoms with E-state index in [0.29, 0.717) is 38.4 Å². The Morgan fingerprint density at radius 1 is 1.21 bits per heavy atom. The van der Waals surface area contributed by atoms with Crippen LogP contribution < -0.4 is 5.32 Å². The van der Waals surface area contributed by atoms with Crippen molar-refractivity contribution in [3.63, 3.8) is 0 Å². The lowest BCUT2D eigenvalue weighted by atomic mass is 10.1. The smallest absolute Gasteiger partial charge is 0.220 e. The molecule has 28 heavy (non-hydrogen) atoms. The first-order valence-electron chi connectivity index (χ1n) is 9.44. The highest BCUT2D eigenvalue weighted by molar-refractivity contribution is 7.88. The monoisotopic (exact) mass is 405 g/mol. The number of aromatic nitrogens is 1. The third kappa shape index (κ3) is 5.11. The van der Waals surface area contributed by atoms with Crippen molar-refractivity contribution in [3.8, 4) is 0 Å². The molecular weight excluding hydrogens is 378 g/mol. The highest BCUT2D eigenvalue weighted by Crippen LogP contribution is 2.14. The van der Waals surface area contributed by atoms with Crippen molar-refractivity contribution < 1.29 is 12.9 Å². The standard InChI is InChI=1S/C19H27N5O3S/c1-3-20-19(21-14-17-7-5-4-6-16(17)2)23-9-11-24(12-10-23)28(25,26)15-18-8-13-27-22-18/h4-8,13H,3,9-12,14-15H2,1-2H3,(H,20,21). The first kappa shape index (κ1) is 20.3. The van der Waals surface area contributed by atoms with Gasteiger partial charge in [-0.15, -0.1) is 0 Å². The summed E-state index contributed by atoms with van der Waals surface area (Å²) in [7, 11) is -3.40. The lowest BCUT2D eigenvalue weighted by Gasteiger charge is -2.35. The highest BCUT2D eigenvalue weighted by atomic mass is 32.2. The maximum absolute atomic E-state index is 12.6. The van der Waals surface area contributed by atoms with Gasteiger partial charge in [-0.3, -0.25) is 0 Å². The van der Waals surface area contributed by atoms with Gasteiger partial charge in [-0.05, 0) is 25.0 Å². The molecule has 2 aromatic rings. The molecule has 0 aliphatic carbocycles. The summed E-state index contributed by atoms with van der Waals surface area (Å²) < 4.78 is 31.4. The number of aryl methyl sites for hydroxylation is 1. The van der Waals surface area contributed by atoms with E-state index in [1.807, 2.05) is 19.1 Å². The van der Waals surface area contributed by atoms with Crippen LogP contribution in [-0.4, -0.2) is 61.5 Å². The lowest BCUT2D eigenvalue weighted by Crippen LogP contribution is -2.53. The van der Waals surface area contributed by atoms with Gasteiger partial charge in [-0.2, -0.15) is 4.31 Å². The van der Waals surface area contributed by atoms with Crippen LogP contribution in [0.15, 0.2) is 46.1 Å². The maximum atomic E-state index is 12.6. The number of rotatable bonds is 6.